The van der Waals surface area contributed by atoms with Crippen LogP contribution in [0.4, 0.5) is 5.13 Å². The van der Waals surface area contributed by atoms with Crippen LogP contribution in [0.1, 0.15) is 18.2 Å². The normalized spacial score (nSPS) is 12.7. The fourth-order valence-corrected chi connectivity index (χ4v) is 2.57. The minimum atomic E-state index is 0.318. The molecule has 0 saturated heterocycles. The van der Waals surface area contributed by atoms with Crippen LogP contribution in [-0.2, 0) is 13.0 Å². The smallest absolute Gasteiger partial charge is 0.231 e. The third kappa shape index (κ3) is 2.26. The maximum atomic E-state index is 5.35. The van der Waals surface area contributed by atoms with Crippen molar-refractivity contribution in [3.05, 3.63) is 34.8 Å². The third-order valence-electron chi connectivity index (χ3n) is 2.79. The second kappa shape index (κ2) is 4.86. The number of nitrogens with one attached hydrogen (secondary N) is 1. The van der Waals surface area contributed by atoms with Gasteiger partial charge in [0.2, 0.25) is 6.79 Å². The van der Waals surface area contributed by atoms with Gasteiger partial charge >= 0.3 is 0 Å². The number of rotatable bonds is 4. The number of hydrogen-bond acceptors (Lipinski definition) is 5. The molecule has 1 aliphatic heterocycles. The van der Waals surface area contributed by atoms with Crippen molar-refractivity contribution in [2.24, 2.45) is 0 Å². The molecule has 3 rings (SSSR count). The second-order valence-corrected chi connectivity index (χ2v) is 4.90. The average Bonchev–Trinajstić information content (AvgIpc) is 3.04. The van der Waals surface area contributed by atoms with Crippen molar-refractivity contribution in [1.29, 1.82) is 0 Å². The van der Waals surface area contributed by atoms with E-state index in [4.69, 9.17) is 9.47 Å². The summed E-state index contributed by atoms with van der Waals surface area (Å²) in [5.74, 6) is 1.64. The molecule has 1 aromatic carbocycles. The Hall–Kier alpha value is -1.75. The van der Waals surface area contributed by atoms with Crippen LogP contribution in [0.25, 0.3) is 0 Å². The molecule has 0 atom stereocenters. The SMILES string of the molecule is CCc1csc(NCc2ccc3c(c2)OCO3)n1. The molecule has 0 radical (unpaired) electrons. The molecule has 0 bridgehead atoms. The molecule has 0 fully saturated rings. The Labute approximate surface area is 110 Å². The Balaban J connectivity index is 1.66. The van der Waals surface area contributed by atoms with Crippen LogP contribution in [0.5, 0.6) is 11.5 Å². The number of aryl methyl sites for hydroxylation is 1. The largest absolute Gasteiger partial charge is 0.454 e. The summed E-state index contributed by atoms with van der Waals surface area (Å²) < 4.78 is 10.6. The summed E-state index contributed by atoms with van der Waals surface area (Å²) >= 11 is 1.64. The number of hydrogen-bond donors (Lipinski definition) is 1. The average molecular weight is 262 g/mol. The number of anilines is 1. The molecule has 4 nitrogen and oxygen atoms in total. The lowest BCUT2D eigenvalue weighted by Gasteiger charge is -2.04. The van der Waals surface area contributed by atoms with Gasteiger partial charge in [0.15, 0.2) is 16.6 Å². The van der Waals surface area contributed by atoms with Gasteiger partial charge in [-0.15, -0.1) is 11.3 Å². The van der Waals surface area contributed by atoms with Crippen LogP contribution >= 0.6 is 11.3 Å². The van der Waals surface area contributed by atoms with Gasteiger partial charge in [0.05, 0.1) is 5.69 Å². The first-order chi connectivity index (χ1) is 8.85. The molecule has 0 aliphatic carbocycles. The molecular weight excluding hydrogens is 248 g/mol. The number of nitrogens with zero attached hydrogens (tertiary/aromatic N) is 1. The van der Waals surface area contributed by atoms with Crippen LogP contribution in [0.2, 0.25) is 0 Å². The van der Waals surface area contributed by atoms with E-state index < -0.39 is 0 Å². The van der Waals surface area contributed by atoms with Gasteiger partial charge in [0.1, 0.15) is 0 Å². The Morgan fingerprint density at radius 3 is 3.06 bits per heavy atom. The Bertz CT molecular complexity index is 554. The van der Waals surface area contributed by atoms with Crippen molar-refractivity contribution in [1.82, 2.24) is 4.98 Å². The van der Waals surface area contributed by atoms with Gasteiger partial charge in [0.25, 0.3) is 0 Å². The molecule has 0 spiro atoms. The molecule has 1 N–H and O–H groups in total. The zero-order valence-corrected chi connectivity index (χ0v) is 10.9. The second-order valence-electron chi connectivity index (χ2n) is 4.04. The topological polar surface area (TPSA) is 43.4 Å². The fraction of sp³-hybridized carbons (Fsp3) is 0.308. The summed E-state index contributed by atoms with van der Waals surface area (Å²) in [4.78, 5) is 4.47. The predicted octanol–water partition coefficient (Wildman–Crippen LogP) is 3.05. The highest BCUT2D eigenvalue weighted by molar-refractivity contribution is 7.13. The van der Waals surface area contributed by atoms with Gasteiger partial charge in [-0.25, -0.2) is 4.98 Å². The Morgan fingerprint density at radius 2 is 2.22 bits per heavy atom. The van der Waals surface area contributed by atoms with E-state index in [0.717, 1.165) is 40.9 Å². The molecule has 0 saturated carbocycles. The first-order valence-corrected chi connectivity index (χ1v) is 6.80. The van der Waals surface area contributed by atoms with Gasteiger partial charge in [-0.1, -0.05) is 13.0 Å². The van der Waals surface area contributed by atoms with E-state index in [1.54, 1.807) is 11.3 Å². The first-order valence-electron chi connectivity index (χ1n) is 5.92. The van der Waals surface area contributed by atoms with Crippen molar-refractivity contribution in [2.45, 2.75) is 19.9 Å². The lowest BCUT2D eigenvalue weighted by molar-refractivity contribution is 0.174. The summed E-state index contributed by atoms with van der Waals surface area (Å²) in [6, 6.07) is 5.98. The highest BCUT2D eigenvalue weighted by atomic mass is 32.1. The van der Waals surface area contributed by atoms with Crippen LogP contribution < -0.4 is 14.8 Å². The van der Waals surface area contributed by atoms with Crippen molar-refractivity contribution < 1.29 is 9.47 Å². The summed E-state index contributed by atoms with van der Waals surface area (Å²) in [6.07, 6.45) is 0.974. The minimum absolute atomic E-state index is 0.318. The molecule has 0 amide bonds. The van der Waals surface area contributed by atoms with Gasteiger partial charge < -0.3 is 14.8 Å². The molecule has 18 heavy (non-hydrogen) atoms. The van der Waals surface area contributed by atoms with E-state index in [1.165, 1.54) is 0 Å². The van der Waals surface area contributed by atoms with Crippen LogP contribution in [0.3, 0.4) is 0 Å². The molecule has 5 heteroatoms. The standard InChI is InChI=1S/C13H14N2O2S/c1-2-10-7-18-13(15-10)14-6-9-3-4-11-12(5-9)17-8-16-11/h3-5,7H,2,6,8H2,1H3,(H,14,15). The lowest BCUT2D eigenvalue weighted by Crippen LogP contribution is -1.99. The van der Waals surface area contributed by atoms with E-state index >= 15 is 0 Å². The number of thiazole rings is 1. The van der Waals surface area contributed by atoms with E-state index in [2.05, 4.69) is 22.6 Å². The number of ether oxygens (including phenoxy) is 2. The summed E-state index contributed by atoms with van der Waals surface area (Å²) in [5.41, 5.74) is 2.29. The van der Waals surface area contributed by atoms with E-state index in [1.807, 2.05) is 18.2 Å². The Kier molecular flexibility index (Phi) is 3.06. The monoisotopic (exact) mass is 262 g/mol. The molecule has 1 aliphatic rings. The first kappa shape index (κ1) is 11.3. The van der Waals surface area contributed by atoms with E-state index in [0.29, 0.717) is 6.79 Å². The summed E-state index contributed by atoms with van der Waals surface area (Å²) in [5, 5.41) is 6.37. The Morgan fingerprint density at radius 1 is 1.33 bits per heavy atom. The molecule has 94 valence electrons. The molecule has 1 aromatic heterocycles. The van der Waals surface area contributed by atoms with Crippen molar-refractivity contribution in [3.8, 4) is 11.5 Å². The van der Waals surface area contributed by atoms with Gasteiger partial charge in [0, 0.05) is 11.9 Å². The van der Waals surface area contributed by atoms with Gasteiger partial charge in [-0.2, -0.15) is 0 Å². The van der Waals surface area contributed by atoms with Crippen LogP contribution in [0, 0.1) is 0 Å². The zero-order valence-electron chi connectivity index (χ0n) is 10.1. The molecule has 0 unspecified atom stereocenters. The summed E-state index contributed by atoms with van der Waals surface area (Å²) in [7, 11) is 0. The highest BCUT2D eigenvalue weighted by Gasteiger charge is 2.13. The van der Waals surface area contributed by atoms with Gasteiger partial charge in [-0.05, 0) is 24.1 Å². The van der Waals surface area contributed by atoms with E-state index in [9.17, 15) is 0 Å². The van der Waals surface area contributed by atoms with Crippen molar-refractivity contribution in [2.75, 3.05) is 12.1 Å². The van der Waals surface area contributed by atoms with Gasteiger partial charge in [-0.3, -0.25) is 0 Å². The number of benzene rings is 1. The quantitative estimate of drug-likeness (QED) is 0.919. The molecule has 2 heterocycles. The predicted molar refractivity (Wildman–Crippen MR) is 71.4 cm³/mol. The third-order valence-corrected chi connectivity index (χ3v) is 3.64. The van der Waals surface area contributed by atoms with Crippen molar-refractivity contribution in [3.63, 3.8) is 0 Å². The zero-order chi connectivity index (χ0) is 12.4. The highest BCUT2D eigenvalue weighted by Crippen LogP contribution is 2.32. The maximum absolute atomic E-state index is 5.35. The van der Waals surface area contributed by atoms with Crippen molar-refractivity contribution >= 4 is 16.5 Å². The minimum Gasteiger partial charge on any atom is -0.454 e. The number of aromatic nitrogens is 1. The van der Waals surface area contributed by atoms with Crippen LogP contribution in [-0.4, -0.2) is 11.8 Å². The van der Waals surface area contributed by atoms with E-state index in [-0.39, 0.29) is 0 Å². The van der Waals surface area contributed by atoms with Crippen LogP contribution in [0.15, 0.2) is 23.6 Å². The molecular formula is C13H14N2O2S. The number of fused-ring (bicyclic) bond motifs is 1. The molecule has 2 aromatic rings. The fourth-order valence-electron chi connectivity index (χ4n) is 1.78. The maximum Gasteiger partial charge on any atom is 0.231 e. The lowest BCUT2D eigenvalue weighted by atomic mass is 10.2. The summed E-state index contributed by atoms with van der Waals surface area (Å²) in [6.45, 7) is 3.17.